The Morgan fingerprint density at radius 1 is 0.651 bits per heavy atom. The van der Waals surface area contributed by atoms with Gasteiger partial charge in [0.1, 0.15) is 0 Å². The molecule has 1 saturated heterocycles. The van der Waals surface area contributed by atoms with Gasteiger partial charge in [-0.1, -0.05) is 126 Å². The van der Waals surface area contributed by atoms with Crippen molar-refractivity contribution in [1.82, 2.24) is 0 Å². The van der Waals surface area contributed by atoms with Gasteiger partial charge in [-0.05, 0) is 54.4 Å². The molecule has 1 heterocycles. The fourth-order valence-corrected chi connectivity index (χ4v) is 6.00. The lowest BCUT2D eigenvalue weighted by atomic mass is 9.88. The van der Waals surface area contributed by atoms with Crippen molar-refractivity contribution in [2.24, 2.45) is 0 Å². The number of benzene rings is 3. The first-order valence-corrected chi connectivity index (χ1v) is 16.3. The van der Waals surface area contributed by atoms with E-state index in [9.17, 15) is 8.78 Å². The molecule has 3 aromatic carbocycles. The van der Waals surface area contributed by atoms with E-state index in [1.165, 1.54) is 38.5 Å². The third kappa shape index (κ3) is 8.81. The van der Waals surface area contributed by atoms with Gasteiger partial charge >= 0.3 is 0 Å². The quantitative estimate of drug-likeness (QED) is 0.0966. The highest BCUT2D eigenvalue weighted by molar-refractivity contribution is 5.71. The molecule has 0 amide bonds. The van der Waals surface area contributed by atoms with Gasteiger partial charge in [-0.3, -0.25) is 0 Å². The minimum atomic E-state index is -0.907. The standard InChI is InChI=1S/C38H46F4O/c1-3-5-7-9-10-11-13-15-31-22-20-30(26-43-31)34-25-24-33(37(41)38(34)42)28-18-16-27(17-19-28)32-23-21-29(35(39)36(32)40)14-12-8-6-4-2/h8,12,16-19,21,23-25,30-31H,3-7,9-11,13-15,20,22,26H2,1-2H3/b12-8-. The second-order valence-corrected chi connectivity index (χ2v) is 11.9. The van der Waals surface area contributed by atoms with Gasteiger partial charge in [-0.15, -0.1) is 0 Å². The molecule has 4 rings (SSSR count). The van der Waals surface area contributed by atoms with Crippen LogP contribution in [-0.2, 0) is 11.2 Å². The van der Waals surface area contributed by atoms with E-state index in [-0.39, 0.29) is 23.1 Å². The topological polar surface area (TPSA) is 9.23 Å². The highest BCUT2D eigenvalue weighted by atomic mass is 19.2. The molecule has 3 aromatic rings. The van der Waals surface area contributed by atoms with Gasteiger partial charge in [-0.25, -0.2) is 17.6 Å². The maximum Gasteiger partial charge on any atom is 0.166 e. The van der Waals surface area contributed by atoms with Crippen LogP contribution < -0.4 is 0 Å². The Bertz CT molecular complexity index is 1320. The van der Waals surface area contributed by atoms with Gasteiger partial charge in [0.15, 0.2) is 23.3 Å². The molecular weight excluding hydrogens is 548 g/mol. The number of allylic oxidation sites excluding steroid dienone is 2. The van der Waals surface area contributed by atoms with Crippen molar-refractivity contribution in [3.8, 4) is 22.3 Å². The molecule has 0 aromatic heterocycles. The van der Waals surface area contributed by atoms with Crippen molar-refractivity contribution in [1.29, 1.82) is 0 Å². The molecule has 2 atom stereocenters. The minimum absolute atomic E-state index is 0.134. The molecule has 0 aliphatic carbocycles. The van der Waals surface area contributed by atoms with E-state index in [4.69, 9.17) is 4.74 Å². The van der Waals surface area contributed by atoms with E-state index in [1.54, 1.807) is 48.5 Å². The van der Waals surface area contributed by atoms with Gasteiger partial charge < -0.3 is 4.74 Å². The van der Waals surface area contributed by atoms with Crippen LogP contribution in [0, 0.1) is 23.3 Å². The van der Waals surface area contributed by atoms with Gasteiger partial charge in [-0.2, -0.15) is 0 Å². The molecule has 5 heteroatoms. The third-order valence-electron chi connectivity index (χ3n) is 8.68. The number of rotatable bonds is 15. The monoisotopic (exact) mass is 594 g/mol. The van der Waals surface area contributed by atoms with Crippen LogP contribution in [0.5, 0.6) is 0 Å². The van der Waals surface area contributed by atoms with Crippen LogP contribution >= 0.6 is 0 Å². The van der Waals surface area contributed by atoms with Gasteiger partial charge in [0.25, 0.3) is 0 Å². The van der Waals surface area contributed by atoms with E-state index < -0.39 is 23.3 Å². The highest BCUT2D eigenvalue weighted by Gasteiger charge is 2.27. The minimum Gasteiger partial charge on any atom is -0.378 e. The first kappa shape index (κ1) is 33.0. The van der Waals surface area contributed by atoms with Gasteiger partial charge in [0.05, 0.1) is 12.7 Å². The highest BCUT2D eigenvalue weighted by Crippen LogP contribution is 2.36. The van der Waals surface area contributed by atoms with Crippen LogP contribution in [0.1, 0.15) is 108 Å². The fraction of sp³-hybridized carbons (Fsp3) is 0.474. The van der Waals surface area contributed by atoms with Crippen molar-refractivity contribution < 1.29 is 22.3 Å². The zero-order valence-corrected chi connectivity index (χ0v) is 25.7. The summed E-state index contributed by atoms with van der Waals surface area (Å²) in [4.78, 5) is 0. The van der Waals surface area contributed by atoms with E-state index in [2.05, 4.69) is 13.8 Å². The average Bonchev–Trinajstić information content (AvgIpc) is 3.03. The first-order valence-electron chi connectivity index (χ1n) is 16.3. The first-order chi connectivity index (χ1) is 20.9. The Balaban J connectivity index is 1.36. The maximum absolute atomic E-state index is 15.3. The predicted octanol–water partition coefficient (Wildman–Crippen LogP) is 11.9. The number of unbranched alkanes of at least 4 members (excludes halogenated alkanes) is 7. The van der Waals surface area contributed by atoms with E-state index in [1.807, 2.05) is 12.2 Å². The second kappa shape index (κ2) is 16.8. The van der Waals surface area contributed by atoms with Crippen LogP contribution in [0.2, 0.25) is 0 Å². The summed E-state index contributed by atoms with van der Waals surface area (Å²) in [6.45, 7) is 4.69. The number of hydrogen-bond donors (Lipinski definition) is 0. The molecule has 0 radical (unpaired) electrons. The molecule has 1 aliphatic heterocycles. The largest absolute Gasteiger partial charge is 0.378 e. The Morgan fingerprint density at radius 3 is 1.91 bits per heavy atom. The Labute approximate surface area is 255 Å². The zero-order valence-electron chi connectivity index (χ0n) is 25.7. The summed E-state index contributed by atoms with van der Waals surface area (Å²) in [6.07, 6.45) is 17.8. The van der Waals surface area contributed by atoms with E-state index >= 15 is 8.78 Å². The van der Waals surface area contributed by atoms with Crippen molar-refractivity contribution in [3.63, 3.8) is 0 Å². The Kier molecular flexibility index (Phi) is 12.9. The molecule has 1 nitrogen and oxygen atoms in total. The lowest BCUT2D eigenvalue weighted by molar-refractivity contribution is -0.00283. The van der Waals surface area contributed by atoms with Crippen LogP contribution in [-0.4, -0.2) is 12.7 Å². The molecule has 1 fully saturated rings. The second-order valence-electron chi connectivity index (χ2n) is 11.9. The molecule has 0 spiro atoms. The molecule has 2 unspecified atom stereocenters. The summed E-state index contributed by atoms with van der Waals surface area (Å²) in [5, 5.41) is 0. The van der Waals surface area contributed by atoms with Crippen molar-refractivity contribution in [2.75, 3.05) is 6.61 Å². The fourth-order valence-electron chi connectivity index (χ4n) is 6.00. The van der Waals surface area contributed by atoms with Crippen molar-refractivity contribution in [3.05, 3.63) is 95.1 Å². The molecular formula is C38H46F4O. The molecule has 0 saturated carbocycles. The van der Waals surface area contributed by atoms with Crippen molar-refractivity contribution in [2.45, 2.75) is 109 Å². The van der Waals surface area contributed by atoms with Crippen LogP contribution in [0.3, 0.4) is 0 Å². The molecule has 0 N–H and O–H groups in total. The van der Waals surface area contributed by atoms with Crippen LogP contribution in [0.15, 0.2) is 60.7 Å². The van der Waals surface area contributed by atoms with Crippen LogP contribution in [0.4, 0.5) is 17.6 Å². The summed E-state index contributed by atoms with van der Waals surface area (Å²) >= 11 is 0. The Morgan fingerprint density at radius 2 is 1.28 bits per heavy atom. The molecule has 0 bridgehead atoms. The number of halogens is 4. The normalized spacial score (nSPS) is 17.2. The number of hydrogen-bond acceptors (Lipinski definition) is 1. The summed E-state index contributed by atoms with van der Waals surface area (Å²) in [6, 6.07) is 12.9. The number of ether oxygens (including phenoxy) is 1. The van der Waals surface area contributed by atoms with E-state index in [0.29, 0.717) is 35.3 Å². The molecule has 43 heavy (non-hydrogen) atoms. The maximum atomic E-state index is 15.3. The summed E-state index contributed by atoms with van der Waals surface area (Å²) in [5.74, 6) is -3.66. The summed E-state index contributed by atoms with van der Waals surface area (Å²) in [7, 11) is 0. The lowest BCUT2D eigenvalue weighted by Gasteiger charge is -2.30. The molecule has 1 aliphatic rings. The SMILES string of the molecule is CCC/C=C\Cc1ccc(-c2ccc(-c3ccc(C4CCC(CCCCCCCCC)OC4)c(F)c3F)cc2)c(F)c1F. The smallest absolute Gasteiger partial charge is 0.166 e. The summed E-state index contributed by atoms with van der Waals surface area (Å²) < 4.78 is 66.3. The average molecular weight is 595 g/mol. The summed E-state index contributed by atoms with van der Waals surface area (Å²) in [5.41, 5.74) is 1.87. The molecule has 232 valence electrons. The lowest BCUT2D eigenvalue weighted by Crippen LogP contribution is -2.25. The van der Waals surface area contributed by atoms with Gasteiger partial charge in [0.2, 0.25) is 0 Å². The zero-order chi connectivity index (χ0) is 30.6. The predicted molar refractivity (Wildman–Crippen MR) is 169 cm³/mol. The van der Waals surface area contributed by atoms with E-state index in [0.717, 1.165) is 38.5 Å². The van der Waals surface area contributed by atoms with Crippen LogP contribution in [0.25, 0.3) is 22.3 Å². The van der Waals surface area contributed by atoms with Crippen molar-refractivity contribution >= 4 is 0 Å². The van der Waals surface area contributed by atoms with Gasteiger partial charge in [0, 0.05) is 17.0 Å². The third-order valence-corrected chi connectivity index (χ3v) is 8.68. The Hall–Kier alpha value is -2.92.